The van der Waals surface area contributed by atoms with Crippen molar-refractivity contribution < 1.29 is 4.39 Å². The Kier molecular flexibility index (Phi) is 2.61. The third-order valence-electron chi connectivity index (χ3n) is 1.37. The fourth-order valence-corrected chi connectivity index (χ4v) is 0.979. The first-order chi connectivity index (χ1) is 5.65. The second-order valence-electron chi connectivity index (χ2n) is 2.18. The Morgan fingerprint density at radius 1 is 1.58 bits per heavy atom. The highest BCUT2D eigenvalue weighted by molar-refractivity contribution is 6.48. The zero-order valence-electron chi connectivity index (χ0n) is 6.35. The molecule has 0 fully saturated rings. The van der Waals surface area contributed by atoms with Crippen LogP contribution in [0.5, 0.6) is 0 Å². The fraction of sp³-hybridized carbons (Fsp3) is 0. The van der Waals surface area contributed by atoms with E-state index >= 15 is 0 Å². The second-order valence-corrected chi connectivity index (χ2v) is 2.64. The molecular formula is C9H7ClFN. The average molecular weight is 184 g/mol. The van der Waals surface area contributed by atoms with Crippen LogP contribution in [0.3, 0.4) is 0 Å². The lowest BCUT2D eigenvalue weighted by Gasteiger charge is -2.01. The number of nitrogens with zero attached hydrogens (tertiary/aromatic N) is 1. The number of hydrogen-bond acceptors (Lipinski definition) is 1. The SMILES string of the molecule is C=Cc1ccc(F)nc1C(=C)Cl. The largest absolute Gasteiger partial charge is 0.218 e. The molecule has 1 heterocycles. The molecule has 0 N–H and O–H groups in total. The molecule has 0 spiro atoms. The Bertz CT molecular complexity index is 333. The third-order valence-corrected chi connectivity index (χ3v) is 1.55. The minimum Gasteiger partial charge on any atom is -0.218 e. The first-order valence-corrected chi connectivity index (χ1v) is 3.66. The van der Waals surface area contributed by atoms with E-state index in [-0.39, 0.29) is 5.03 Å². The molecule has 3 heteroatoms. The molecule has 0 aliphatic heterocycles. The minimum absolute atomic E-state index is 0.212. The smallest absolute Gasteiger partial charge is 0.213 e. The van der Waals surface area contributed by atoms with Crippen LogP contribution < -0.4 is 0 Å². The van der Waals surface area contributed by atoms with Crippen molar-refractivity contribution in [1.82, 2.24) is 4.98 Å². The lowest BCUT2D eigenvalue weighted by atomic mass is 10.2. The maximum Gasteiger partial charge on any atom is 0.213 e. The number of aromatic nitrogens is 1. The summed E-state index contributed by atoms with van der Waals surface area (Å²) >= 11 is 5.59. The zero-order chi connectivity index (χ0) is 9.14. The van der Waals surface area contributed by atoms with Crippen LogP contribution in [0.4, 0.5) is 4.39 Å². The summed E-state index contributed by atoms with van der Waals surface area (Å²) in [5.41, 5.74) is 1.02. The minimum atomic E-state index is -0.572. The van der Waals surface area contributed by atoms with E-state index in [0.29, 0.717) is 11.3 Å². The molecular weight excluding hydrogens is 177 g/mol. The maximum atomic E-state index is 12.6. The maximum absolute atomic E-state index is 12.6. The average Bonchev–Trinajstić information content (AvgIpc) is 2.04. The highest BCUT2D eigenvalue weighted by Crippen LogP contribution is 2.19. The van der Waals surface area contributed by atoms with Crippen molar-refractivity contribution in [3.63, 3.8) is 0 Å². The number of halogens is 2. The summed E-state index contributed by atoms with van der Waals surface area (Å²) in [5.74, 6) is -0.572. The lowest BCUT2D eigenvalue weighted by Crippen LogP contribution is -1.91. The van der Waals surface area contributed by atoms with Crippen LogP contribution >= 0.6 is 11.6 Å². The van der Waals surface area contributed by atoms with Gasteiger partial charge in [-0.1, -0.05) is 30.8 Å². The topological polar surface area (TPSA) is 12.9 Å². The van der Waals surface area contributed by atoms with Gasteiger partial charge in [-0.2, -0.15) is 4.39 Å². The molecule has 0 aromatic carbocycles. The molecule has 1 aromatic heterocycles. The van der Waals surface area contributed by atoms with Crippen molar-refractivity contribution >= 4 is 22.7 Å². The number of pyridine rings is 1. The van der Waals surface area contributed by atoms with E-state index in [1.807, 2.05) is 0 Å². The highest BCUT2D eigenvalue weighted by Gasteiger charge is 2.04. The van der Waals surface area contributed by atoms with E-state index in [1.54, 1.807) is 12.1 Å². The Labute approximate surface area is 75.2 Å². The predicted octanol–water partition coefficient (Wildman–Crippen LogP) is 3.07. The van der Waals surface area contributed by atoms with Gasteiger partial charge < -0.3 is 0 Å². The first-order valence-electron chi connectivity index (χ1n) is 3.29. The van der Waals surface area contributed by atoms with E-state index in [4.69, 9.17) is 11.6 Å². The monoisotopic (exact) mass is 183 g/mol. The Morgan fingerprint density at radius 3 is 2.75 bits per heavy atom. The Balaban J connectivity index is 3.30. The second kappa shape index (κ2) is 3.50. The molecule has 0 atom stereocenters. The van der Waals surface area contributed by atoms with Crippen LogP contribution in [-0.2, 0) is 0 Å². The molecule has 62 valence electrons. The predicted molar refractivity (Wildman–Crippen MR) is 49.2 cm³/mol. The van der Waals surface area contributed by atoms with Gasteiger partial charge in [0.05, 0.1) is 10.7 Å². The molecule has 1 nitrogen and oxygen atoms in total. The summed E-state index contributed by atoms with van der Waals surface area (Å²) in [4.78, 5) is 3.57. The highest BCUT2D eigenvalue weighted by atomic mass is 35.5. The third kappa shape index (κ3) is 1.71. The van der Waals surface area contributed by atoms with Gasteiger partial charge in [-0.25, -0.2) is 4.98 Å². The van der Waals surface area contributed by atoms with Gasteiger partial charge in [-0.05, 0) is 12.1 Å². The standard InChI is InChI=1S/C9H7ClFN/c1-3-7-4-5-8(11)12-9(7)6(2)10/h3-5H,1-2H2. The summed E-state index contributed by atoms with van der Waals surface area (Å²) in [6, 6.07) is 2.80. The summed E-state index contributed by atoms with van der Waals surface area (Å²) in [7, 11) is 0. The van der Waals surface area contributed by atoms with E-state index in [9.17, 15) is 4.39 Å². The summed E-state index contributed by atoms with van der Waals surface area (Å²) in [5, 5.41) is 0.212. The summed E-state index contributed by atoms with van der Waals surface area (Å²) in [6.07, 6.45) is 1.55. The number of rotatable bonds is 2. The molecule has 1 rings (SSSR count). The van der Waals surface area contributed by atoms with Crippen molar-refractivity contribution in [2.75, 3.05) is 0 Å². The van der Waals surface area contributed by atoms with Gasteiger partial charge in [0, 0.05) is 5.56 Å². The Morgan fingerprint density at radius 2 is 2.25 bits per heavy atom. The van der Waals surface area contributed by atoms with Gasteiger partial charge in [0.2, 0.25) is 5.95 Å². The molecule has 1 aromatic rings. The lowest BCUT2D eigenvalue weighted by molar-refractivity contribution is 0.582. The zero-order valence-corrected chi connectivity index (χ0v) is 7.11. The number of hydrogen-bond donors (Lipinski definition) is 0. The van der Waals surface area contributed by atoms with Gasteiger partial charge in [0.15, 0.2) is 0 Å². The molecule has 0 aliphatic rings. The van der Waals surface area contributed by atoms with Crippen molar-refractivity contribution in [2.24, 2.45) is 0 Å². The van der Waals surface area contributed by atoms with E-state index in [1.165, 1.54) is 6.07 Å². The molecule has 0 unspecified atom stereocenters. The molecule has 0 saturated heterocycles. The molecule has 0 radical (unpaired) electrons. The summed E-state index contributed by atoms with van der Waals surface area (Å²) in [6.45, 7) is 7.01. The van der Waals surface area contributed by atoms with E-state index in [2.05, 4.69) is 18.1 Å². The quantitative estimate of drug-likeness (QED) is 0.643. The van der Waals surface area contributed by atoms with Gasteiger partial charge >= 0.3 is 0 Å². The molecule has 0 amide bonds. The first kappa shape index (κ1) is 8.94. The van der Waals surface area contributed by atoms with E-state index in [0.717, 1.165) is 0 Å². The molecule has 0 saturated carbocycles. The van der Waals surface area contributed by atoms with Crippen LogP contribution in [0, 0.1) is 5.95 Å². The fourth-order valence-electron chi connectivity index (χ4n) is 0.828. The van der Waals surface area contributed by atoms with Gasteiger partial charge in [-0.15, -0.1) is 0 Å². The van der Waals surface area contributed by atoms with Crippen LogP contribution in [0.1, 0.15) is 11.3 Å². The van der Waals surface area contributed by atoms with E-state index < -0.39 is 5.95 Å². The summed E-state index contributed by atoms with van der Waals surface area (Å²) < 4.78 is 12.6. The molecule has 0 aliphatic carbocycles. The molecule has 0 bridgehead atoms. The molecule has 12 heavy (non-hydrogen) atoms. The van der Waals surface area contributed by atoms with Crippen LogP contribution in [0.15, 0.2) is 25.3 Å². The Hall–Kier alpha value is -1.15. The van der Waals surface area contributed by atoms with Gasteiger partial charge in [-0.3, -0.25) is 0 Å². The van der Waals surface area contributed by atoms with Crippen molar-refractivity contribution in [3.8, 4) is 0 Å². The van der Waals surface area contributed by atoms with Crippen molar-refractivity contribution in [1.29, 1.82) is 0 Å². The van der Waals surface area contributed by atoms with Gasteiger partial charge in [0.1, 0.15) is 0 Å². The van der Waals surface area contributed by atoms with Crippen LogP contribution in [-0.4, -0.2) is 4.98 Å². The van der Waals surface area contributed by atoms with Crippen LogP contribution in [0.25, 0.3) is 11.1 Å². The van der Waals surface area contributed by atoms with Crippen molar-refractivity contribution in [2.45, 2.75) is 0 Å². The normalized spacial score (nSPS) is 9.50. The van der Waals surface area contributed by atoms with Crippen LogP contribution in [0.2, 0.25) is 0 Å². The van der Waals surface area contributed by atoms with Gasteiger partial charge in [0.25, 0.3) is 0 Å². The van der Waals surface area contributed by atoms with Crippen molar-refractivity contribution in [3.05, 3.63) is 42.5 Å².